The van der Waals surface area contributed by atoms with Gasteiger partial charge < -0.3 is 4.74 Å². The first-order chi connectivity index (χ1) is 5.99. The molecule has 3 heteroatoms. The van der Waals surface area contributed by atoms with Gasteiger partial charge in [-0.1, -0.05) is 20.8 Å². The standard InChI is InChI=1S/C10H24N2O/c1-7(2)9(5)10(12-11)6-13-8(3)4/h7-10,12H,6,11H2,1-5H3. The molecule has 13 heavy (non-hydrogen) atoms. The zero-order valence-corrected chi connectivity index (χ0v) is 9.50. The van der Waals surface area contributed by atoms with Crippen LogP contribution in [-0.4, -0.2) is 18.8 Å². The lowest BCUT2D eigenvalue weighted by atomic mass is 9.91. The first-order valence-electron chi connectivity index (χ1n) is 5.06. The number of nitrogens with two attached hydrogens (primary N) is 1. The normalized spacial score (nSPS) is 16.6. The Labute approximate surface area is 82.0 Å². The highest BCUT2D eigenvalue weighted by Gasteiger charge is 2.19. The Kier molecular flexibility index (Phi) is 6.29. The molecule has 80 valence electrons. The highest BCUT2D eigenvalue weighted by Crippen LogP contribution is 2.14. The lowest BCUT2D eigenvalue weighted by Crippen LogP contribution is -2.45. The summed E-state index contributed by atoms with van der Waals surface area (Å²) in [6.07, 6.45) is 0.273. The lowest BCUT2D eigenvalue weighted by molar-refractivity contribution is 0.0445. The number of ether oxygens (including phenoxy) is 1. The smallest absolute Gasteiger partial charge is 0.0639 e. The lowest BCUT2D eigenvalue weighted by Gasteiger charge is -2.26. The number of rotatable bonds is 6. The highest BCUT2D eigenvalue weighted by molar-refractivity contribution is 4.73. The summed E-state index contributed by atoms with van der Waals surface area (Å²) in [4.78, 5) is 0. The van der Waals surface area contributed by atoms with Gasteiger partial charge in [-0.15, -0.1) is 0 Å². The van der Waals surface area contributed by atoms with E-state index in [1.54, 1.807) is 0 Å². The van der Waals surface area contributed by atoms with Gasteiger partial charge in [-0.25, -0.2) is 0 Å². The van der Waals surface area contributed by atoms with Crippen molar-refractivity contribution in [2.45, 2.75) is 46.8 Å². The predicted octanol–water partition coefficient (Wildman–Crippen LogP) is 1.54. The molecule has 0 rings (SSSR count). The summed E-state index contributed by atoms with van der Waals surface area (Å²) in [6, 6.07) is 0.252. The first-order valence-corrected chi connectivity index (χ1v) is 5.06. The van der Waals surface area contributed by atoms with Crippen LogP contribution >= 0.6 is 0 Å². The van der Waals surface area contributed by atoms with Gasteiger partial charge in [0.05, 0.1) is 12.7 Å². The van der Waals surface area contributed by atoms with Crippen LogP contribution in [0.3, 0.4) is 0 Å². The Morgan fingerprint density at radius 1 is 1.15 bits per heavy atom. The molecule has 0 aromatic rings. The molecule has 0 saturated heterocycles. The van der Waals surface area contributed by atoms with Crippen LogP contribution in [0.2, 0.25) is 0 Å². The molecule has 0 radical (unpaired) electrons. The van der Waals surface area contributed by atoms with Crippen LogP contribution in [0.25, 0.3) is 0 Å². The van der Waals surface area contributed by atoms with Gasteiger partial charge in [0, 0.05) is 6.04 Å². The highest BCUT2D eigenvalue weighted by atomic mass is 16.5. The van der Waals surface area contributed by atoms with E-state index >= 15 is 0 Å². The molecule has 0 aromatic heterocycles. The van der Waals surface area contributed by atoms with E-state index < -0.39 is 0 Å². The molecule has 3 N–H and O–H groups in total. The molecule has 0 aliphatic heterocycles. The van der Waals surface area contributed by atoms with Crippen molar-refractivity contribution in [3.8, 4) is 0 Å². The summed E-state index contributed by atoms with van der Waals surface area (Å²) in [6.45, 7) is 11.3. The molecule has 0 heterocycles. The first kappa shape index (κ1) is 12.9. The molecule has 0 fully saturated rings. The van der Waals surface area contributed by atoms with Gasteiger partial charge in [0.2, 0.25) is 0 Å². The summed E-state index contributed by atoms with van der Waals surface area (Å²) in [7, 11) is 0. The molecule has 0 aliphatic carbocycles. The van der Waals surface area contributed by atoms with Crippen molar-refractivity contribution in [2.24, 2.45) is 17.7 Å². The Morgan fingerprint density at radius 2 is 1.69 bits per heavy atom. The Morgan fingerprint density at radius 3 is 2.00 bits per heavy atom. The fourth-order valence-corrected chi connectivity index (χ4v) is 1.11. The number of nitrogens with one attached hydrogen (secondary N) is 1. The maximum Gasteiger partial charge on any atom is 0.0639 e. The van der Waals surface area contributed by atoms with Gasteiger partial charge in [0.15, 0.2) is 0 Å². The number of hydrazine groups is 1. The zero-order chi connectivity index (χ0) is 10.4. The molecule has 0 spiro atoms. The van der Waals surface area contributed by atoms with Crippen LogP contribution in [0.5, 0.6) is 0 Å². The van der Waals surface area contributed by atoms with Crippen molar-refractivity contribution in [3.63, 3.8) is 0 Å². The summed E-state index contributed by atoms with van der Waals surface area (Å²) in [5, 5.41) is 0. The Bertz CT molecular complexity index is 126. The maximum absolute atomic E-state index is 5.52. The second-order valence-corrected chi connectivity index (χ2v) is 4.26. The van der Waals surface area contributed by atoms with Crippen LogP contribution < -0.4 is 11.3 Å². The third kappa shape index (κ3) is 5.24. The number of hydrogen-bond acceptors (Lipinski definition) is 3. The minimum absolute atomic E-state index is 0.252. The van der Waals surface area contributed by atoms with Crippen LogP contribution in [-0.2, 0) is 4.74 Å². The van der Waals surface area contributed by atoms with Crippen molar-refractivity contribution in [1.29, 1.82) is 0 Å². The third-order valence-electron chi connectivity index (χ3n) is 2.51. The van der Waals surface area contributed by atoms with E-state index in [4.69, 9.17) is 10.6 Å². The van der Waals surface area contributed by atoms with E-state index in [0.717, 1.165) is 0 Å². The Hall–Kier alpha value is -0.120. The van der Waals surface area contributed by atoms with E-state index in [2.05, 4.69) is 26.2 Å². The van der Waals surface area contributed by atoms with E-state index in [9.17, 15) is 0 Å². The second kappa shape index (κ2) is 6.35. The minimum Gasteiger partial charge on any atom is -0.377 e. The minimum atomic E-state index is 0.252. The monoisotopic (exact) mass is 188 g/mol. The van der Waals surface area contributed by atoms with E-state index in [0.29, 0.717) is 18.4 Å². The largest absolute Gasteiger partial charge is 0.377 e. The topological polar surface area (TPSA) is 47.3 Å². The van der Waals surface area contributed by atoms with Gasteiger partial charge >= 0.3 is 0 Å². The zero-order valence-electron chi connectivity index (χ0n) is 9.50. The molecule has 0 bridgehead atoms. The quantitative estimate of drug-likeness (QED) is 0.491. The van der Waals surface area contributed by atoms with Crippen molar-refractivity contribution >= 4 is 0 Å². The molecule has 3 nitrogen and oxygen atoms in total. The molecule has 0 amide bonds. The van der Waals surface area contributed by atoms with E-state index in [1.165, 1.54) is 0 Å². The van der Waals surface area contributed by atoms with Crippen molar-refractivity contribution < 1.29 is 4.74 Å². The van der Waals surface area contributed by atoms with Gasteiger partial charge in [-0.2, -0.15) is 0 Å². The Balaban J connectivity index is 3.87. The van der Waals surface area contributed by atoms with E-state index in [-0.39, 0.29) is 12.1 Å². The predicted molar refractivity (Wildman–Crippen MR) is 56.2 cm³/mol. The average Bonchev–Trinajstić information content (AvgIpc) is 2.04. The molecular weight excluding hydrogens is 164 g/mol. The SMILES string of the molecule is CC(C)OCC(NN)C(C)C(C)C. The summed E-state index contributed by atoms with van der Waals surface area (Å²) < 4.78 is 5.52. The molecule has 0 aliphatic rings. The average molecular weight is 188 g/mol. The van der Waals surface area contributed by atoms with Gasteiger partial charge in [-0.3, -0.25) is 11.3 Å². The molecular formula is C10H24N2O. The fraction of sp³-hybridized carbons (Fsp3) is 1.00. The molecule has 0 saturated carbocycles. The van der Waals surface area contributed by atoms with Crippen LogP contribution in [0.4, 0.5) is 0 Å². The van der Waals surface area contributed by atoms with Gasteiger partial charge in [0.1, 0.15) is 0 Å². The molecule has 2 unspecified atom stereocenters. The third-order valence-corrected chi connectivity index (χ3v) is 2.51. The second-order valence-electron chi connectivity index (χ2n) is 4.26. The fourth-order valence-electron chi connectivity index (χ4n) is 1.11. The van der Waals surface area contributed by atoms with Crippen LogP contribution in [0, 0.1) is 11.8 Å². The summed E-state index contributed by atoms with van der Waals surface area (Å²) in [5.74, 6) is 6.62. The summed E-state index contributed by atoms with van der Waals surface area (Å²) >= 11 is 0. The van der Waals surface area contributed by atoms with Crippen molar-refractivity contribution in [1.82, 2.24) is 5.43 Å². The number of hydrogen-bond donors (Lipinski definition) is 2. The van der Waals surface area contributed by atoms with Crippen LogP contribution in [0.1, 0.15) is 34.6 Å². The van der Waals surface area contributed by atoms with Crippen LogP contribution in [0.15, 0.2) is 0 Å². The van der Waals surface area contributed by atoms with Gasteiger partial charge in [0.25, 0.3) is 0 Å². The van der Waals surface area contributed by atoms with Gasteiger partial charge in [-0.05, 0) is 25.7 Å². The van der Waals surface area contributed by atoms with Crippen molar-refractivity contribution in [3.05, 3.63) is 0 Å². The van der Waals surface area contributed by atoms with E-state index in [1.807, 2.05) is 13.8 Å². The molecule has 0 aromatic carbocycles. The van der Waals surface area contributed by atoms with Crippen molar-refractivity contribution in [2.75, 3.05) is 6.61 Å². The molecule has 2 atom stereocenters. The maximum atomic E-state index is 5.52. The summed E-state index contributed by atoms with van der Waals surface area (Å²) in [5.41, 5.74) is 2.81.